The van der Waals surface area contributed by atoms with Crippen LogP contribution in [0.5, 0.6) is 0 Å². The third kappa shape index (κ3) is 4.82. The molecule has 0 unspecified atom stereocenters. The van der Waals surface area contributed by atoms with Crippen LogP contribution in [0.2, 0.25) is 0 Å². The van der Waals surface area contributed by atoms with Crippen molar-refractivity contribution in [1.29, 1.82) is 0 Å². The van der Waals surface area contributed by atoms with Crippen molar-refractivity contribution in [2.75, 3.05) is 78.6 Å². The van der Waals surface area contributed by atoms with Crippen LogP contribution in [0, 0.1) is 0 Å². The molecule has 2 saturated heterocycles. The Bertz CT molecular complexity index is 221. The van der Waals surface area contributed by atoms with E-state index in [2.05, 4.69) is 20.0 Å². The zero-order chi connectivity index (χ0) is 12.6. The van der Waals surface area contributed by atoms with Gasteiger partial charge in [0.15, 0.2) is 0 Å². The SMILES string of the molecule is OCCN1CCCN(CCN2CCNCC2)CC1. The van der Waals surface area contributed by atoms with E-state index in [1.54, 1.807) is 0 Å². The predicted octanol–water partition coefficient (Wildman–Crippen LogP) is -1.11. The number of hydrogen-bond acceptors (Lipinski definition) is 5. The number of piperazine rings is 1. The highest BCUT2D eigenvalue weighted by Crippen LogP contribution is 2.03. The van der Waals surface area contributed by atoms with E-state index in [0.29, 0.717) is 6.61 Å². The molecule has 5 nitrogen and oxygen atoms in total. The Balaban J connectivity index is 1.63. The highest BCUT2D eigenvalue weighted by Gasteiger charge is 2.15. The van der Waals surface area contributed by atoms with Crippen molar-refractivity contribution in [2.45, 2.75) is 6.42 Å². The number of hydrogen-bond donors (Lipinski definition) is 2. The maximum absolute atomic E-state index is 8.98. The second-order valence-electron chi connectivity index (χ2n) is 5.35. The second-order valence-corrected chi connectivity index (χ2v) is 5.35. The first-order chi connectivity index (χ1) is 8.88. The van der Waals surface area contributed by atoms with Crippen LogP contribution in [0.4, 0.5) is 0 Å². The molecule has 2 aliphatic rings. The monoisotopic (exact) mass is 256 g/mol. The Morgan fingerprint density at radius 3 is 1.89 bits per heavy atom. The van der Waals surface area contributed by atoms with Crippen molar-refractivity contribution in [3.63, 3.8) is 0 Å². The summed E-state index contributed by atoms with van der Waals surface area (Å²) in [6.45, 7) is 12.9. The largest absolute Gasteiger partial charge is 0.395 e. The molecule has 0 radical (unpaired) electrons. The highest BCUT2D eigenvalue weighted by atomic mass is 16.3. The van der Waals surface area contributed by atoms with Gasteiger partial charge in [-0.05, 0) is 19.5 Å². The summed E-state index contributed by atoms with van der Waals surface area (Å²) in [6.07, 6.45) is 1.24. The Morgan fingerprint density at radius 2 is 1.28 bits per heavy atom. The van der Waals surface area contributed by atoms with Gasteiger partial charge in [-0.2, -0.15) is 0 Å². The smallest absolute Gasteiger partial charge is 0.0558 e. The predicted molar refractivity (Wildman–Crippen MR) is 73.9 cm³/mol. The molecule has 2 fully saturated rings. The van der Waals surface area contributed by atoms with Crippen LogP contribution in [-0.4, -0.2) is 98.4 Å². The molecule has 18 heavy (non-hydrogen) atoms. The normalized spacial score (nSPS) is 25.2. The lowest BCUT2D eigenvalue weighted by atomic mass is 10.3. The van der Waals surface area contributed by atoms with Crippen molar-refractivity contribution in [2.24, 2.45) is 0 Å². The maximum atomic E-state index is 8.98. The first kappa shape index (κ1) is 14.2. The standard InChI is InChI=1S/C13H28N4O/c18-13-12-16-5-1-4-15(8-10-16)9-11-17-6-2-14-3-7-17/h14,18H,1-13H2. The highest BCUT2D eigenvalue weighted by molar-refractivity contribution is 4.73. The van der Waals surface area contributed by atoms with Gasteiger partial charge in [0.05, 0.1) is 6.61 Å². The Kier molecular flexibility index (Phi) is 6.37. The summed E-state index contributed by atoms with van der Waals surface area (Å²) in [4.78, 5) is 7.52. The molecule has 0 aromatic carbocycles. The quantitative estimate of drug-likeness (QED) is 0.653. The molecule has 0 spiro atoms. The van der Waals surface area contributed by atoms with Crippen molar-refractivity contribution in [3.8, 4) is 0 Å². The van der Waals surface area contributed by atoms with Crippen LogP contribution < -0.4 is 5.32 Å². The minimum atomic E-state index is 0.292. The van der Waals surface area contributed by atoms with Crippen LogP contribution in [0.3, 0.4) is 0 Å². The number of rotatable bonds is 5. The first-order valence-corrected chi connectivity index (χ1v) is 7.37. The average molecular weight is 256 g/mol. The molecule has 0 aromatic heterocycles. The molecule has 5 heteroatoms. The number of nitrogens with zero attached hydrogens (tertiary/aromatic N) is 3. The third-order valence-corrected chi connectivity index (χ3v) is 4.04. The molecule has 0 saturated carbocycles. The number of nitrogens with one attached hydrogen (secondary N) is 1. The van der Waals surface area contributed by atoms with Crippen LogP contribution in [0.15, 0.2) is 0 Å². The van der Waals surface area contributed by atoms with E-state index in [9.17, 15) is 0 Å². The maximum Gasteiger partial charge on any atom is 0.0558 e. The van der Waals surface area contributed by atoms with E-state index in [0.717, 1.165) is 39.3 Å². The van der Waals surface area contributed by atoms with Crippen molar-refractivity contribution in [3.05, 3.63) is 0 Å². The lowest BCUT2D eigenvalue weighted by molar-refractivity contribution is 0.180. The summed E-state index contributed by atoms with van der Waals surface area (Å²) in [7, 11) is 0. The number of aliphatic hydroxyl groups is 1. The molecule has 2 heterocycles. The van der Waals surface area contributed by atoms with Gasteiger partial charge in [0.1, 0.15) is 0 Å². The average Bonchev–Trinajstić information content (AvgIpc) is 2.64. The van der Waals surface area contributed by atoms with Gasteiger partial charge in [-0.3, -0.25) is 9.80 Å². The molecular weight excluding hydrogens is 228 g/mol. The Hall–Kier alpha value is -0.200. The fraction of sp³-hybridized carbons (Fsp3) is 1.00. The van der Waals surface area contributed by atoms with Gasteiger partial charge in [-0.15, -0.1) is 0 Å². The van der Waals surface area contributed by atoms with Crippen LogP contribution in [-0.2, 0) is 0 Å². The lowest BCUT2D eigenvalue weighted by Gasteiger charge is -2.30. The second kappa shape index (κ2) is 8.07. The molecule has 2 N–H and O–H groups in total. The van der Waals surface area contributed by atoms with Gasteiger partial charge in [0, 0.05) is 58.9 Å². The number of β-amino-alcohol motifs (C(OH)–C–C–N with tert-alkyl or cyclic N) is 1. The molecule has 2 aliphatic heterocycles. The molecule has 0 aromatic rings. The van der Waals surface area contributed by atoms with E-state index in [-0.39, 0.29) is 0 Å². The minimum Gasteiger partial charge on any atom is -0.395 e. The Morgan fingerprint density at radius 1 is 0.722 bits per heavy atom. The molecule has 2 rings (SSSR count). The fourth-order valence-electron chi connectivity index (χ4n) is 2.83. The topological polar surface area (TPSA) is 42.0 Å². The van der Waals surface area contributed by atoms with Gasteiger partial charge in [0.2, 0.25) is 0 Å². The molecule has 0 atom stereocenters. The van der Waals surface area contributed by atoms with Crippen LogP contribution in [0.25, 0.3) is 0 Å². The molecule has 106 valence electrons. The van der Waals surface area contributed by atoms with Crippen LogP contribution in [0.1, 0.15) is 6.42 Å². The summed E-state index contributed by atoms with van der Waals surface area (Å²) in [5.41, 5.74) is 0. The van der Waals surface area contributed by atoms with E-state index in [1.807, 2.05) is 0 Å². The number of aliphatic hydroxyl groups excluding tert-OH is 1. The zero-order valence-corrected chi connectivity index (χ0v) is 11.5. The molecule has 0 bridgehead atoms. The van der Waals surface area contributed by atoms with E-state index in [1.165, 1.54) is 39.1 Å². The Labute approximate surface area is 111 Å². The fourth-order valence-corrected chi connectivity index (χ4v) is 2.83. The van der Waals surface area contributed by atoms with Gasteiger partial charge >= 0.3 is 0 Å². The van der Waals surface area contributed by atoms with E-state index in [4.69, 9.17) is 5.11 Å². The van der Waals surface area contributed by atoms with Gasteiger partial charge in [-0.1, -0.05) is 0 Å². The molecular formula is C13H28N4O. The van der Waals surface area contributed by atoms with Crippen molar-refractivity contribution in [1.82, 2.24) is 20.0 Å². The lowest BCUT2D eigenvalue weighted by Crippen LogP contribution is -2.46. The minimum absolute atomic E-state index is 0.292. The van der Waals surface area contributed by atoms with E-state index >= 15 is 0 Å². The summed E-state index contributed by atoms with van der Waals surface area (Å²) in [5, 5.41) is 12.4. The van der Waals surface area contributed by atoms with E-state index < -0.39 is 0 Å². The third-order valence-electron chi connectivity index (χ3n) is 4.04. The summed E-state index contributed by atoms with van der Waals surface area (Å²) in [6, 6.07) is 0. The summed E-state index contributed by atoms with van der Waals surface area (Å²) >= 11 is 0. The van der Waals surface area contributed by atoms with Gasteiger partial charge in [-0.25, -0.2) is 0 Å². The van der Waals surface area contributed by atoms with Crippen molar-refractivity contribution < 1.29 is 5.11 Å². The van der Waals surface area contributed by atoms with Crippen LogP contribution >= 0.6 is 0 Å². The molecule has 0 amide bonds. The molecule has 0 aliphatic carbocycles. The van der Waals surface area contributed by atoms with Crippen molar-refractivity contribution >= 4 is 0 Å². The summed E-state index contributed by atoms with van der Waals surface area (Å²) < 4.78 is 0. The van der Waals surface area contributed by atoms with Gasteiger partial charge < -0.3 is 15.3 Å². The summed E-state index contributed by atoms with van der Waals surface area (Å²) in [5.74, 6) is 0. The van der Waals surface area contributed by atoms with Gasteiger partial charge in [0.25, 0.3) is 0 Å². The zero-order valence-electron chi connectivity index (χ0n) is 11.5. The first-order valence-electron chi connectivity index (χ1n) is 7.37.